The lowest BCUT2D eigenvalue weighted by Crippen LogP contribution is -2.41. The average molecular weight is 317 g/mol. The highest BCUT2D eigenvalue weighted by molar-refractivity contribution is 5.97. The number of methoxy groups -OCH3 is 2. The molecular weight excluding hydrogens is 290 g/mol. The molecule has 0 bridgehead atoms. The number of hydrogen-bond donors (Lipinski definition) is 1. The lowest BCUT2D eigenvalue weighted by atomic mass is 9.86. The zero-order valence-corrected chi connectivity index (χ0v) is 14.5. The Morgan fingerprint density at radius 2 is 1.87 bits per heavy atom. The molecule has 2 rings (SSSR count). The SMILES string of the molecule is COc1ccc(/C=C(\C)C(=O)NC2CCCCC2C)cc1OC. The fraction of sp³-hybridized carbons (Fsp3) is 0.526. The van der Waals surface area contributed by atoms with Crippen LogP contribution in [0.15, 0.2) is 23.8 Å². The van der Waals surface area contributed by atoms with Crippen LogP contribution in [0.1, 0.15) is 45.1 Å². The summed E-state index contributed by atoms with van der Waals surface area (Å²) >= 11 is 0. The molecule has 1 aromatic carbocycles. The first-order chi connectivity index (χ1) is 11.0. The number of benzene rings is 1. The minimum absolute atomic E-state index is 0.0125. The summed E-state index contributed by atoms with van der Waals surface area (Å²) in [6.45, 7) is 4.07. The van der Waals surface area contributed by atoms with E-state index in [0.717, 1.165) is 12.0 Å². The third kappa shape index (κ3) is 4.50. The highest BCUT2D eigenvalue weighted by Crippen LogP contribution is 2.28. The summed E-state index contributed by atoms with van der Waals surface area (Å²) in [5.41, 5.74) is 1.63. The normalized spacial score (nSPS) is 21.7. The molecule has 1 fully saturated rings. The van der Waals surface area contributed by atoms with E-state index < -0.39 is 0 Å². The topological polar surface area (TPSA) is 47.6 Å². The second kappa shape index (κ2) is 8.04. The summed E-state index contributed by atoms with van der Waals surface area (Å²) in [7, 11) is 3.22. The van der Waals surface area contributed by atoms with Gasteiger partial charge in [0.2, 0.25) is 5.91 Å². The molecule has 1 N–H and O–H groups in total. The molecule has 0 spiro atoms. The molecule has 126 valence electrons. The maximum atomic E-state index is 12.4. The van der Waals surface area contributed by atoms with Gasteiger partial charge in [-0.1, -0.05) is 25.8 Å². The van der Waals surface area contributed by atoms with Crippen molar-refractivity contribution >= 4 is 12.0 Å². The first kappa shape index (κ1) is 17.4. The second-order valence-electron chi connectivity index (χ2n) is 6.28. The molecule has 0 saturated heterocycles. The van der Waals surface area contributed by atoms with Gasteiger partial charge in [-0.05, 0) is 49.5 Å². The van der Waals surface area contributed by atoms with Crippen molar-refractivity contribution in [1.29, 1.82) is 0 Å². The lowest BCUT2D eigenvalue weighted by molar-refractivity contribution is -0.118. The molecule has 0 heterocycles. The van der Waals surface area contributed by atoms with Crippen LogP contribution in [0.25, 0.3) is 6.08 Å². The Balaban J connectivity index is 2.07. The van der Waals surface area contributed by atoms with Crippen molar-refractivity contribution in [3.63, 3.8) is 0 Å². The standard InChI is InChI=1S/C19H27NO3/c1-13-7-5-6-8-16(13)20-19(21)14(2)11-15-9-10-17(22-3)18(12-15)23-4/h9-13,16H,5-8H2,1-4H3,(H,20,21)/b14-11+. The fourth-order valence-electron chi connectivity index (χ4n) is 3.07. The first-order valence-electron chi connectivity index (χ1n) is 8.26. The predicted molar refractivity (Wildman–Crippen MR) is 92.8 cm³/mol. The number of nitrogens with one attached hydrogen (secondary N) is 1. The maximum absolute atomic E-state index is 12.4. The van der Waals surface area contributed by atoms with Crippen molar-refractivity contribution in [2.24, 2.45) is 5.92 Å². The summed E-state index contributed by atoms with van der Waals surface area (Å²) in [6.07, 6.45) is 6.63. The Labute approximate surface area is 138 Å². The Bertz CT molecular complexity index is 580. The Kier molecular flexibility index (Phi) is 6.08. The highest BCUT2D eigenvalue weighted by Gasteiger charge is 2.23. The van der Waals surface area contributed by atoms with Crippen LogP contribution >= 0.6 is 0 Å². The van der Waals surface area contributed by atoms with Crippen molar-refractivity contribution in [3.05, 3.63) is 29.3 Å². The highest BCUT2D eigenvalue weighted by atomic mass is 16.5. The van der Waals surface area contributed by atoms with Crippen LogP contribution in [0.5, 0.6) is 11.5 Å². The van der Waals surface area contributed by atoms with E-state index in [1.165, 1.54) is 19.3 Å². The zero-order valence-electron chi connectivity index (χ0n) is 14.5. The lowest BCUT2D eigenvalue weighted by Gasteiger charge is -2.29. The fourth-order valence-corrected chi connectivity index (χ4v) is 3.07. The van der Waals surface area contributed by atoms with Gasteiger partial charge in [-0.15, -0.1) is 0 Å². The largest absolute Gasteiger partial charge is 0.493 e. The van der Waals surface area contributed by atoms with E-state index in [0.29, 0.717) is 29.0 Å². The van der Waals surface area contributed by atoms with Gasteiger partial charge in [-0.2, -0.15) is 0 Å². The van der Waals surface area contributed by atoms with Crippen molar-refractivity contribution in [2.45, 2.75) is 45.6 Å². The molecule has 23 heavy (non-hydrogen) atoms. The zero-order chi connectivity index (χ0) is 16.8. The summed E-state index contributed by atoms with van der Waals surface area (Å²) in [6, 6.07) is 5.93. The third-order valence-electron chi connectivity index (χ3n) is 4.58. The third-order valence-corrected chi connectivity index (χ3v) is 4.58. The molecule has 0 aliphatic heterocycles. The molecule has 4 heteroatoms. The van der Waals surface area contributed by atoms with Gasteiger partial charge in [-0.3, -0.25) is 4.79 Å². The molecule has 2 atom stereocenters. The van der Waals surface area contributed by atoms with E-state index in [-0.39, 0.29) is 5.91 Å². The predicted octanol–water partition coefficient (Wildman–Crippen LogP) is 3.80. The minimum Gasteiger partial charge on any atom is -0.493 e. The Morgan fingerprint density at radius 3 is 2.52 bits per heavy atom. The number of ether oxygens (including phenoxy) is 2. The molecular formula is C19H27NO3. The quantitative estimate of drug-likeness (QED) is 0.840. The van der Waals surface area contributed by atoms with Crippen LogP contribution in [0.2, 0.25) is 0 Å². The van der Waals surface area contributed by atoms with Crippen LogP contribution < -0.4 is 14.8 Å². The van der Waals surface area contributed by atoms with Gasteiger partial charge in [0.1, 0.15) is 0 Å². The summed E-state index contributed by atoms with van der Waals surface area (Å²) in [4.78, 5) is 12.4. The van der Waals surface area contributed by atoms with E-state index in [9.17, 15) is 4.79 Å². The molecule has 0 radical (unpaired) electrons. The molecule has 0 aromatic heterocycles. The van der Waals surface area contributed by atoms with Gasteiger partial charge < -0.3 is 14.8 Å². The van der Waals surface area contributed by atoms with Crippen LogP contribution in [-0.2, 0) is 4.79 Å². The van der Waals surface area contributed by atoms with Crippen molar-refractivity contribution in [1.82, 2.24) is 5.32 Å². The molecule has 1 aliphatic rings. The average Bonchev–Trinajstić information content (AvgIpc) is 2.56. The Morgan fingerprint density at radius 1 is 1.17 bits per heavy atom. The summed E-state index contributed by atoms with van der Waals surface area (Å²) in [5.74, 6) is 1.92. The summed E-state index contributed by atoms with van der Waals surface area (Å²) in [5, 5.41) is 3.18. The van der Waals surface area contributed by atoms with Gasteiger partial charge in [0, 0.05) is 11.6 Å². The number of rotatable bonds is 5. The number of hydrogen-bond acceptors (Lipinski definition) is 3. The van der Waals surface area contributed by atoms with Gasteiger partial charge >= 0.3 is 0 Å². The van der Waals surface area contributed by atoms with Gasteiger partial charge in [0.15, 0.2) is 11.5 Å². The van der Waals surface area contributed by atoms with E-state index in [4.69, 9.17) is 9.47 Å². The Hall–Kier alpha value is -1.97. The number of carbonyl (C=O) groups is 1. The second-order valence-corrected chi connectivity index (χ2v) is 6.28. The first-order valence-corrected chi connectivity index (χ1v) is 8.26. The van der Waals surface area contributed by atoms with Crippen LogP contribution in [0.4, 0.5) is 0 Å². The van der Waals surface area contributed by atoms with Crippen LogP contribution in [0, 0.1) is 5.92 Å². The summed E-state index contributed by atoms with van der Waals surface area (Å²) < 4.78 is 10.5. The monoisotopic (exact) mass is 317 g/mol. The van der Waals surface area contributed by atoms with E-state index in [1.807, 2.05) is 31.2 Å². The van der Waals surface area contributed by atoms with E-state index >= 15 is 0 Å². The van der Waals surface area contributed by atoms with Gasteiger partial charge in [0.25, 0.3) is 0 Å². The van der Waals surface area contributed by atoms with Gasteiger partial charge in [-0.25, -0.2) is 0 Å². The molecule has 2 unspecified atom stereocenters. The van der Waals surface area contributed by atoms with E-state index in [1.54, 1.807) is 14.2 Å². The van der Waals surface area contributed by atoms with Crippen molar-refractivity contribution in [2.75, 3.05) is 14.2 Å². The smallest absolute Gasteiger partial charge is 0.247 e. The maximum Gasteiger partial charge on any atom is 0.247 e. The van der Waals surface area contributed by atoms with Crippen molar-refractivity contribution in [3.8, 4) is 11.5 Å². The molecule has 1 aromatic rings. The molecule has 1 saturated carbocycles. The van der Waals surface area contributed by atoms with Crippen molar-refractivity contribution < 1.29 is 14.3 Å². The molecule has 4 nitrogen and oxygen atoms in total. The minimum atomic E-state index is 0.0125. The van der Waals surface area contributed by atoms with Gasteiger partial charge in [0.05, 0.1) is 14.2 Å². The van der Waals surface area contributed by atoms with Crippen LogP contribution in [0.3, 0.4) is 0 Å². The molecule has 1 aliphatic carbocycles. The van der Waals surface area contributed by atoms with Crippen LogP contribution in [-0.4, -0.2) is 26.2 Å². The van der Waals surface area contributed by atoms with E-state index in [2.05, 4.69) is 12.2 Å². The number of amides is 1. The number of carbonyl (C=O) groups excluding carboxylic acids is 1. The molecule has 1 amide bonds.